The molecule has 0 aliphatic carbocycles. The highest BCUT2D eigenvalue weighted by Gasteiger charge is 2.13. The third kappa shape index (κ3) is 4.23. The number of aliphatic hydroxyl groups excluding tert-OH is 1. The Morgan fingerprint density at radius 1 is 1.38 bits per heavy atom. The third-order valence-electron chi connectivity index (χ3n) is 3.68. The fourth-order valence-electron chi connectivity index (χ4n) is 2.44. The van der Waals surface area contributed by atoms with Crippen LogP contribution in [0.2, 0.25) is 0 Å². The van der Waals surface area contributed by atoms with Crippen LogP contribution in [0.3, 0.4) is 0 Å². The van der Waals surface area contributed by atoms with Crippen LogP contribution in [0.15, 0.2) is 43.0 Å². The molecule has 128 valence electrons. The van der Waals surface area contributed by atoms with E-state index in [1.165, 1.54) is 4.90 Å². The summed E-state index contributed by atoms with van der Waals surface area (Å²) in [6, 6.07) is 9.62. The van der Waals surface area contributed by atoms with Crippen LogP contribution in [-0.4, -0.2) is 54.8 Å². The molecular formula is C18H24N4O2. The number of para-hydroxylation sites is 1. The Kier molecular flexibility index (Phi) is 6.14. The van der Waals surface area contributed by atoms with Gasteiger partial charge in [0.2, 0.25) is 0 Å². The van der Waals surface area contributed by atoms with Gasteiger partial charge in [0.1, 0.15) is 5.82 Å². The van der Waals surface area contributed by atoms with Gasteiger partial charge in [0.05, 0.1) is 12.1 Å². The zero-order chi connectivity index (χ0) is 17.5. The second-order valence-corrected chi connectivity index (χ2v) is 5.67. The van der Waals surface area contributed by atoms with Crippen molar-refractivity contribution in [2.45, 2.75) is 6.54 Å². The van der Waals surface area contributed by atoms with Crippen molar-refractivity contribution in [2.75, 3.05) is 38.7 Å². The highest BCUT2D eigenvalue weighted by atomic mass is 16.3. The monoisotopic (exact) mass is 328 g/mol. The number of nitrogens with one attached hydrogen (secondary N) is 1. The van der Waals surface area contributed by atoms with Crippen LogP contribution in [0.25, 0.3) is 10.9 Å². The molecule has 6 nitrogen and oxygen atoms in total. The zero-order valence-electron chi connectivity index (χ0n) is 14.2. The van der Waals surface area contributed by atoms with Crippen molar-refractivity contribution in [1.29, 1.82) is 0 Å². The van der Waals surface area contributed by atoms with E-state index in [0.29, 0.717) is 13.1 Å². The maximum absolute atomic E-state index is 12.3. The number of carbonyl (C=O) groups excluding carboxylic acids is 1. The Morgan fingerprint density at radius 3 is 2.79 bits per heavy atom. The molecule has 2 rings (SSSR count). The van der Waals surface area contributed by atoms with Crippen LogP contribution in [0.5, 0.6) is 0 Å². The lowest BCUT2D eigenvalue weighted by atomic mass is 10.1. The zero-order valence-corrected chi connectivity index (χ0v) is 14.2. The number of anilines is 1. The largest absolute Gasteiger partial charge is 0.395 e. The number of fused-ring (bicyclic) bond motifs is 1. The van der Waals surface area contributed by atoms with Crippen LogP contribution in [0.1, 0.15) is 5.56 Å². The fourth-order valence-corrected chi connectivity index (χ4v) is 2.44. The quantitative estimate of drug-likeness (QED) is 0.763. The van der Waals surface area contributed by atoms with Gasteiger partial charge in [0.15, 0.2) is 0 Å². The summed E-state index contributed by atoms with van der Waals surface area (Å²) in [7, 11) is 3.87. The van der Waals surface area contributed by atoms with E-state index in [9.17, 15) is 4.79 Å². The first-order valence-electron chi connectivity index (χ1n) is 7.87. The second kappa shape index (κ2) is 8.31. The molecule has 0 aliphatic heterocycles. The second-order valence-electron chi connectivity index (χ2n) is 5.67. The molecule has 2 N–H and O–H groups in total. The van der Waals surface area contributed by atoms with Crippen molar-refractivity contribution in [3.8, 4) is 0 Å². The minimum absolute atomic E-state index is 0.0791. The van der Waals surface area contributed by atoms with Crippen molar-refractivity contribution in [1.82, 2.24) is 15.2 Å². The van der Waals surface area contributed by atoms with Gasteiger partial charge in [-0.05, 0) is 17.7 Å². The van der Waals surface area contributed by atoms with Gasteiger partial charge in [-0.3, -0.25) is 0 Å². The molecule has 0 radical (unpaired) electrons. The molecule has 0 spiro atoms. The molecule has 24 heavy (non-hydrogen) atoms. The number of amides is 2. The van der Waals surface area contributed by atoms with E-state index in [-0.39, 0.29) is 19.2 Å². The molecule has 0 bridgehead atoms. The normalized spacial score (nSPS) is 10.5. The van der Waals surface area contributed by atoms with Gasteiger partial charge in [-0.1, -0.05) is 24.3 Å². The van der Waals surface area contributed by atoms with Gasteiger partial charge in [0.25, 0.3) is 0 Å². The number of hydrogen-bond donors (Lipinski definition) is 2. The van der Waals surface area contributed by atoms with E-state index < -0.39 is 0 Å². The highest BCUT2D eigenvalue weighted by Crippen LogP contribution is 2.22. The summed E-state index contributed by atoms with van der Waals surface area (Å²) in [5, 5.41) is 13.0. The molecular weight excluding hydrogens is 304 g/mol. The number of aromatic nitrogens is 1. The topological polar surface area (TPSA) is 68.7 Å². The van der Waals surface area contributed by atoms with E-state index in [4.69, 9.17) is 5.11 Å². The third-order valence-corrected chi connectivity index (χ3v) is 3.68. The predicted octanol–water partition coefficient (Wildman–Crippen LogP) is 1.99. The molecule has 2 aromatic rings. The van der Waals surface area contributed by atoms with Crippen molar-refractivity contribution >= 4 is 22.8 Å². The van der Waals surface area contributed by atoms with Gasteiger partial charge in [0, 0.05) is 39.1 Å². The molecule has 0 unspecified atom stereocenters. The van der Waals surface area contributed by atoms with Crippen LogP contribution >= 0.6 is 0 Å². The van der Waals surface area contributed by atoms with E-state index in [1.54, 1.807) is 6.08 Å². The summed E-state index contributed by atoms with van der Waals surface area (Å²) in [6.45, 7) is 4.62. The molecule has 0 saturated heterocycles. The van der Waals surface area contributed by atoms with Gasteiger partial charge in [-0.15, -0.1) is 6.58 Å². The fraction of sp³-hybridized carbons (Fsp3) is 0.333. The maximum Gasteiger partial charge on any atom is 0.318 e. The number of nitrogens with zero attached hydrogens (tertiary/aromatic N) is 3. The Bertz CT molecular complexity index is 715. The van der Waals surface area contributed by atoms with Crippen LogP contribution in [-0.2, 0) is 6.54 Å². The molecule has 1 aromatic heterocycles. The lowest BCUT2D eigenvalue weighted by molar-refractivity contribution is 0.183. The first-order valence-corrected chi connectivity index (χ1v) is 7.87. The summed E-state index contributed by atoms with van der Waals surface area (Å²) >= 11 is 0. The average Bonchev–Trinajstić information content (AvgIpc) is 2.58. The minimum atomic E-state index is -0.226. The molecule has 0 saturated carbocycles. The average molecular weight is 328 g/mol. The van der Waals surface area contributed by atoms with E-state index >= 15 is 0 Å². The maximum atomic E-state index is 12.3. The summed E-state index contributed by atoms with van der Waals surface area (Å²) in [5.74, 6) is 0.844. The molecule has 1 aromatic carbocycles. The molecule has 6 heteroatoms. The van der Waals surface area contributed by atoms with Crippen molar-refractivity contribution in [3.05, 3.63) is 48.6 Å². The standard InChI is InChI=1S/C18H24N4O2/c1-4-9-22(10-11-23)18(24)19-13-14-12-17(21(2)3)20-16-8-6-5-7-15(14)16/h4-8,12,23H,1,9-11,13H2,2-3H3,(H,19,24). The molecule has 0 atom stereocenters. The molecule has 2 amide bonds. The molecule has 0 aliphatic rings. The Hall–Kier alpha value is -2.60. The van der Waals surface area contributed by atoms with Crippen LogP contribution in [0.4, 0.5) is 10.6 Å². The van der Waals surface area contributed by atoms with Crippen molar-refractivity contribution in [2.24, 2.45) is 0 Å². The summed E-state index contributed by atoms with van der Waals surface area (Å²) < 4.78 is 0. The van der Waals surface area contributed by atoms with E-state index in [2.05, 4.69) is 16.9 Å². The number of aliphatic hydroxyl groups is 1. The number of rotatable bonds is 7. The SMILES string of the molecule is C=CCN(CCO)C(=O)NCc1cc(N(C)C)nc2ccccc12. The number of hydrogen-bond acceptors (Lipinski definition) is 4. The number of benzene rings is 1. The first-order chi connectivity index (χ1) is 11.6. The highest BCUT2D eigenvalue weighted by molar-refractivity contribution is 5.84. The smallest absolute Gasteiger partial charge is 0.318 e. The predicted molar refractivity (Wildman–Crippen MR) is 97.2 cm³/mol. The van der Waals surface area contributed by atoms with E-state index in [1.807, 2.05) is 49.3 Å². The number of pyridine rings is 1. The molecule has 1 heterocycles. The Labute approximate surface area is 142 Å². The van der Waals surface area contributed by atoms with Gasteiger partial charge in [-0.2, -0.15) is 0 Å². The number of carbonyl (C=O) groups is 1. The number of urea groups is 1. The molecule has 0 fully saturated rings. The van der Waals surface area contributed by atoms with Gasteiger partial charge >= 0.3 is 6.03 Å². The van der Waals surface area contributed by atoms with Crippen LogP contribution < -0.4 is 10.2 Å². The lowest BCUT2D eigenvalue weighted by Crippen LogP contribution is -2.41. The Balaban J connectivity index is 2.22. The van der Waals surface area contributed by atoms with E-state index in [0.717, 1.165) is 22.3 Å². The van der Waals surface area contributed by atoms with Crippen molar-refractivity contribution < 1.29 is 9.90 Å². The van der Waals surface area contributed by atoms with Crippen molar-refractivity contribution in [3.63, 3.8) is 0 Å². The summed E-state index contributed by atoms with van der Waals surface area (Å²) in [6.07, 6.45) is 1.64. The minimum Gasteiger partial charge on any atom is -0.395 e. The lowest BCUT2D eigenvalue weighted by Gasteiger charge is -2.21. The summed E-state index contributed by atoms with van der Waals surface area (Å²) in [4.78, 5) is 20.3. The van der Waals surface area contributed by atoms with Crippen LogP contribution in [0, 0.1) is 0 Å². The first kappa shape index (κ1) is 17.7. The van der Waals surface area contributed by atoms with Gasteiger partial charge in [-0.25, -0.2) is 9.78 Å². The Morgan fingerprint density at radius 2 is 2.12 bits per heavy atom. The van der Waals surface area contributed by atoms with Gasteiger partial charge < -0.3 is 20.2 Å². The summed E-state index contributed by atoms with van der Waals surface area (Å²) in [5.41, 5.74) is 1.89.